The lowest BCUT2D eigenvalue weighted by Crippen LogP contribution is -2.54. The van der Waals surface area contributed by atoms with Gasteiger partial charge in [0.2, 0.25) is 17.7 Å². The molecule has 5 N–H and O–H groups in total. The number of aliphatic carboxylic acids is 1. The molecule has 67 heavy (non-hydrogen) atoms. The normalized spacial score (nSPS) is 13.1. The van der Waals surface area contributed by atoms with Gasteiger partial charge in [0.1, 0.15) is 18.8 Å². The third-order valence-electron chi connectivity index (χ3n) is 12.7. The summed E-state index contributed by atoms with van der Waals surface area (Å²) in [7, 11) is 0. The van der Waals surface area contributed by atoms with Gasteiger partial charge in [-0.25, -0.2) is 0 Å². The summed E-state index contributed by atoms with van der Waals surface area (Å²) < 4.78 is 11.5. The Bertz CT molecular complexity index is 1250. The molecule has 0 aliphatic rings. The van der Waals surface area contributed by atoms with Crippen molar-refractivity contribution < 1.29 is 43.3 Å². The van der Waals surface area contributed by atoms with E-state index in [1.807, 2.05) is 0 Å². The van der Waals surface area contributed by atoms with E-state index in [2.05, 4.69) is 31.4 Å². The van der Waals surface area contributed by atoms with E-state index in [4.69, 9.17) is 15.2 Å². The average Bonchev–Trinajstić information content (AvgIpc) is 3.30. The van der Waals surface area contributed by atoms with Gasteiger partial charge in [-0.3, -0.25) is 28.8 Å². The number of nitrogens with one attached hydrogen (secondary N) is 2. The molecule has 0 aromatic carbocycles. The van der Waals surface area contributed by atoms with Crippen LogP contribution in [-0.4, -0.2) is 77.0 Å². The van der Waals surface area contributed by atoms with Crippen LogP contribution >= 0.6 is 11.8 Å². The number of carbonyl (C=O) groups excluding carboxylic acids is 5. The number of unbranched alkanes of at least 4 members (excludes halogenated alkanes) is 28. The van der Waals surface area contributed by atoms with Crippen LogP contribution in [0, 0.1) is 5.92 Å². The van der Waals surface area contributed by atoms with E-state index in [1.54, 1.807) is 6.92 Å². The highest BCUT2D eigenvalue weighted by molar-refractivity contribution is 7.99. The molecule has 0 aliphatic carbocycles. The lowest BCUT2D eigenvalue weighted by atomic mass is 9.91. The van der Waals surface area contributed by atoms with Crippen LogP contribution in [0.25, 0.3) is 0 Å². The van der Waals surface area contributed by atoms with Crippen LogP contribution in [0.15, 0.2) is 0 Å². The number of ether oxygens (including phenoxy) is 2. The second kappa shape index (κ2) is 46.9. The molecule has 0 fully saturated rings. The maximum atomic E-state index is 13.9. The molecule has 13 heteroatoms. The van der Waals surface area contributed by atoms with Crippen molar-refractivity contribution in [1.82, 2.24) is 10.6 Å². The van der Waals surface area contributed by atoms with E-state index in [0.717, 1.165) is 64.2 Å². The van der Waals surface area contributed by atoms with E-state index in [1.165, 1.54) is 140 Å². The fourth-order valence-electron chi connectivity index (χ4n) is 8.44. The molecule has 0 aromatic heterocycles. The van der Waals surface area contributed by atoms with Crippen molar-refractivity contribution in [1.29, 1.82) is 0 Å². The van der Waals surface area contributed by atoms with E-state index in [0.29, 0.717) is 19.3 Å². The van der Waals surface area contributed by atoms with Crippen LogP contribution in [0.2, 0.25) is 0 Å². The first-order chi connectivity index (χ1) is 32.5. The van der Waals surface area contributed by atoms with Gasteiger partial charge in [0.15, 0.2) is 0 Å². The Morgan fingerprint density at radius 3 is 1.31 bits per heavy atom. The molecule has 0 radical (unpaired) electrons. The van der Waals surface area contributed by atoms with Crippen LogP contribution in [0.1, 0.15) is 265 Å². The molecule has 0 aromatic rings. The summed E-state index contributed by atoms with van der Waals surface area (Å²) in [6.07, 6.45) is 35.9. The summed E-state index contributed by atoms with van der Waals surface area (Å²) in [5.74, 6) is -3.77. The molecule has 0 aliphatic heterocycles. The van der Waals surface area contributed by atoms with Crippen molar-refractivity contribution in [3.63, 3.8) is 0 Å². The van der Waals surface area contributed by atoms with E-state index in [9.17, 15) is 33.9 Å². The zero-order chi connectivity index (χ0) is 49.6. The predicted octanol–water partition coefficient (Wildman–Crippen LogP) is 12.8. The molecule has 3 amide bonds. The molecule has 0 saturated heterocycles. The minimum Gasteiger partial charge on any atom is -0.481 e. The monoisotopic (exact) mass is 968 g/mol. The highest BCUT2D eigenvalue weighted by Gasteiger charge is 2.31. The Labute approximate surface area is 413 Å². The molecule has 0 rings (SSSR count). The molecule has 4 atom stereocenters. The fourth-order valence-corrected chi connectivity index (χ4v) is 9.47. The Kier molecular flexibility index (Phi) is 44.9. The molecule has 0 saturated carbocycles. The molecule has 0 spiro atoms. The van der Waals surface area contributed by atoms with Gasteiger partial charge in [0.05, 0.1) is 5.92 Å². The summed E-state index contributed by atoms with van der Waals surface area (Å²) >= 11 is 1.31. The minimum absolute atomic E-state index is 0.0295. The van der Waals surface area contributed by atoms with Crippen LogP contribution in [0.5, 0.6) is 0 Å². The number of hydrogen-bond acceptors (Lipinski definition) is 9. The topological polar surface area (TPSA) is 191 Å². The highest BCUT2D eigenvalue weighted by Crippen LogP contribution is 2.19. The van der Waals surface area contributed by atoms with Crippen LogP contribution in [0.3, 0.4) is 0 Å². The highest BCUT2D eigenvalue weighted by atomic mass is 32.2. The van der Waals surface area contributed by atoms with E-state index < -0.39 is 41.9 Å². The van der Waals surface area contributed by atoms with E-state index in [-0.39, 0.29) is 61.6 Å². The summed E-state index contributed by atoms with van der Waals surface area (Å²) in [6, 6.07) is -1.72. The maximum absolute atomic E-state index is 13.9. The average molecular weight is 968 g/mol. The van der Waals surface area contributed by atoms with Crippen molar-refractivity contribution >= 4 is 47.4 Å². The lowest BCUT2D eigenvalue weighted by molar-refractivity contribution is -0.157. The molecule has 0 heterocycles. The number of primary amides is 1. The summed E-state index contributed by atoms with van der Waals surface area (Å²) in [6.45, 7) is 8.35. The number of carboxylic acid groups (broad SMARTS) is 1. The zero-order valence-corrected chi connectivity index (χ0v) is 44.1. The summed E-state index contributed by atoms with van der Waals surface area (Å²) in [5.41, 5.74) is 5.68. The zero-order valence-electron chi connectivity index (χ0n) is 43.3. The first-order valence-corrected chi connectivity index (χ1v) is 28.7. The molecular formula is C54H101N3O9S. The van der Waals surface area contributed by atoms with Gasteiger partial charge in [-0.05, 0) is 32.1 Å². The second-order valence-corrected chi connectivity index (χ2v) is 20.1. The number of carboxylic acids is 1. The minimum atomic E-state index is -1.07. The predicted molar refractivity (Wildman–Crippen MR) is 276 cm³/mol. The molecule has 0 bridgehead atoms. The number of rotatable bonds is 50. The Morgan fingerprint density at radius 1 is 0.507 bits per heavy atom. The molecule has 12 nitrogen and oxygen atoms in total. The van der Waals surface area contributed by atoms with Crippen LogP contribution < -0.4 is 16.4 Å². The van der Waals surface area contributed by atoms with E-state index >= 15 is 0 Å². The van der Waals surface area contributed by atoms with Crippen molar-refractivity contribution in [3.8, 4) is 0 Å². The van der Waals surface area contributed by atoms with Gasteiger partial charge >= 0.3 is 17.9 Å². The SMILES string of the molecule is CCCCCCCCCCCCCCCC(=O)N[C@@H](CSC[C@@H](COC(=O)CCCCCCCCCCC)OC(=O)CCCCCCCCCCC)C(=O)N[C@@H](CC)[C@H](CCC(=O)O)C(N)=O. The Morgan fingerprint density at radius 2 is 0.910 bits per heavy atom. The van der Waals surface area contributed by atoms with Crippen molar-refractivity contribution in [2.45, 2.75) is 283 Å². The van der Waals surface area contributed by atoms with Gasteiger partial charge in [-0.15, -0.1) is 0 Å². The lowest BCUT2D eigenvalue weighted by Gasteiger charge is -2.27. The first-order valence-electron chi connectivity index (χ1n) is 27.5. The van der Waals surface area contributed by atoms with Gasteiger partial charge < -0.3 is 30.9 Å². The smallest absolute Gasteiger partial charge is 0.306 e. The maximum Gasteiger partial charge on any atom is 0.306 e. The number of hydrogen-bond donors (Lipinski definition) is 4. The third kappa shape index (κ3) is 40.7. The van der Waals surface area contributed by atoms with Gasteiger partial charge in [-0.2, -0.15) is 11.8 Å². The number of amides is 3. The number of carbonyl (C=O) groups is 6. The Hall–Kier alpha value is -2.83. The van der Waals surface area contributed by atoms with Crippen molar-refractivity contribution in [2.75, 3.05) is 18.1 Å². The van der Waals surface area contributed by atoms with Crippen LogP contribution in [-0.2, 0) is 38.2 Å². The van der Waals surface area contributed by atoms with Gasteiger partial charge in [0.25, 0.3) is 0 Å². The third-order valence-corrected chi connectivity index (χ3v) is 13.9. The number of esters is 2. The molecule has 392 valence electrons. The van der Waals surface area contributed by atoms with Gasteiger partial charge in [-0.1, -0.05) is 207 Å². The second-order valence-electron chi connectivity index (χ2n) is 19.1. The van der Waals surface area contributed by atoms with Crippen LogP contribution in [0.4, 0.5) is 0 Å². The largest absolute Gasteiger partial charge is 0.481 e. The van der Waals surface area contributed by atoms with Crippen molar-refractivity contribution in [2.24, 2.45) is 11.7 Å². The fraction of sp³-hybridized carbons (Fsp3) is 0.889. The number of nitrogens with two attached hydrogens (primary N) is 1. The number of thioether (sulfide) groups is 1. The Balaban J connectivity index is 5.54. The molecular weight excluding hydrogens is 867 g/mol. The standard InChI is InChI=1S/C54H101N3O9S/c1-5-9-12-15-18-21-22-23-24-27-28-31-34-37-49(58)56-48(54(64)57-47(8-4)46(53(55)63)40-41-50(59)60)44-67-43-45(66-52(62)39-36-33-30-26-20-17-14-11-7-3)42-65-51(61)38-35-32-29-25-19-16-13-10-6-2/h45-48H,5-44H2,1-4H3,(H2,55,63)(H,56,58)(H,57,64)(H,59,60)/t45-,46+,47+,48+/m1/s1. The molecule has 0 unspecified atom stereocenters. The van der Waals surface area contributed by atoms with Crippen molar-refractivity contribution in [3.05, 3.63) is 0 Å². The summed E-state index contributed by atoms with van der Waals surface area (Å²) in [5, 5.41) is 15.1. The first kappa shape index (κ1) is 64.2. The summed E-state index contributed by atoms with van der Waals surface area (Å²) in [4.78, 5) is 76.8. The van der Waals surface area contributed by atoms with Gasteiger partial charge in [0, 0.05) is 43.2 Å². The quantitative estimate of drug-likeness (QED) is 0.0337.